The average molecular weight is 354 g/mol. The third-order valence-electron chi connectivity index (χ3n) is 4.81. The van der Waals surface area contributed by atoms with Crippen molar-refractivity contribution in [3.05, 3.63) is 59.2 Å². The molecule has 1 unspecified atom stereocenters. The van der Waals surface area contributed by atoms with E-state index in [9.17, 15) is 4.79 Å². The summed E-state index contributed by atoms with van der Waals surface area (Å²) in [6.45, 7) is 8.98. The summed E-state index contributed by atoms with van der Waals surface area (Å²) in [4.78, 5) is 15.0. The van der Waals surface area contributed by atoms with Crippen LogP contribution in [0.15, 0.2) is 42.5 Å². The van der Waals surface area contributed by atoms with Gasteiger partial charge >= 0.3 is 0 Å². The van der Waals surface area contributed by atoms with Gasteiger partial charge in [0.25, 0.3) is 5.91 Å². The van der Waals surface area contributed by atoms with Gasteiger partial charge in [0.05, 0.1) is 6.04 Å². The quantitative estimate of drug-likeness (QED) is 0.826. The number of nitrogens with one attached hydrogen (secondary N) is 1. The highest BCUT2D eigenvalue weighted by atomic mass is 16.7. The number of nitrogens with zero attached hydrogens (tertiary/aromatic N) is 1. The van der Waals surface area contributed by atoms with E-state index in [2.05, 4.69) is 55.3 Å². The van der Waals surface area contributed by atoms with Crippen molar-refractivity contribution in [2.45, 2.75) is 26.8 Å². The molecule has 5 heteroatoms. The van der Waals surface area contributed by atoms with Crippen molar-refractivity contribution in [2.75, 3.05) is 26.4 Å². The molecule has 3 rings (SSSR count). The molecule has 138 valence electrons. The van der Waals surface area contributed by atoms with Gasteiger partial charge in [0, 0.05) is 12.1 Å². The van der Waals surface area contributed by atoms with Gasteiger partial charge < -0.3 is 14.8 Å². The lowest BCUT2D eigenvalue weighted by molar-refractivity contribution is 0.0934. The second-order valence-corrected chi connectivity index (χ2v) is 6.43. The van der Waals surface area contributed by atoms with Crippen molar-refractivity contribution < 1.29 is 14.3 Å². The van der Waals surface area contributed by atoms with Crippen LogP contribution in [0.2, 0.25) is 0 Å². The number of aryl methyl sites for hydroxylation is 1. The zero-order chi connectivity index (χ0) is 18.5. The third kappa shape index (κ3) is 3.99. The topological polar surface area (TPSA) is 50.8 Å². The number of hydrogen-bond acceptors (Lipinski definition) is 4. The second kappa shape index (κ2) is 8.23. The molecule has 2 aromatic carbocycles. The molecule has 0 fully saturated rings. The van der Waals surface area contributed by atoms with Crippen LogP contribution in [0.1, 0.15) is 41.4 Å². The molecule has 0 radical (unpaired) electrons. The molecule has 1 amide bonds. The van der Waals surface area contributed by atoms with E-state index in [1.807, 2.05) is 0 Å². The van der Waals surface area contributed by atoms with Crippen molar-refractivity contribution in [3.63, 3.8) is 0 Å². The molecule has 0 aliphatic carbocycles. The summed E-state index contributed by atoms with van der Waals surface area (Å²) in [6.07, 6.45) is 0. The Morgan fingerprint density at radius 1 is 1.08 bits per heavy atom. The van der Waals surface area contributed by atoms with Gasteiger partial charge in [0.2, 0.25) is 6.79 Å². The summed E-state index contributed by atoms with van der Waals surface area (Å²) >= 11 is 0. The molecule has 26 heavy (non-hydrogen) atoms. The van der Waals surface area contributed by atoms with Crippen molar-refractivity contribution in [2.24, 2.45) is 0 Å². The number of fused-ring (bicyclic) bond motifs is 1. The molecule has 1 aliphatic heterocycles. The Morgan fingerprint density at radius 2 is 1.77 bits per heavy atom. The predicted molar refractivity (Wildman–Crippen MR) is 102 cm³/mol. The minimum atomic E-state index is -0.104. The van der Waals surface area contributed by atoms with E-state index >= 15 is 0 Å². The van der Waals surface area contributed by atoms with Crippen LogP contribution in [0.3, 0.4) is 0 Å². The monoisotopic (exact) mass is 354 g/mol. The lowest BCUT2D eigenvalue weighted by Crippen LogP contribution is -2.38. The first-order chi connectivity index (χ1) is 12.6. The Labute approximate surface area is 154 Å². The standard InChI is InChI=1S/C21H26N2O3/c1-4-23(5-2)18(16-8-6-15(3)7-9-16)13-22-21(24)17-10-11-19-20(12-17)26-14-25-19/h6-12,18H,4-5,13-14H2,1-3H3,(H,22,24). The Morgan fingerprint density at radius 3 is 2.46 bits per heavy atom. The molecule has 2 aromatic rings. The Balaban J connectivity index is 1.72. The molecule has 0 aromatic heterocycles. The fourth-order valence-corrected chi connectivity index (χ4v) is 3.24. The SMILES string of the molecule is CCN(CC)C(CNC(=O)c1ccc2c(c1)OCO2)c1ccc(C)cc1. The van der Waals surface area contributed by atoms with Crippen molar-refractivity contribution in [3.8, 4) is 11.5 Å². The number of hydrogen-bond donors (Lipinski definition) is 1. The number of carbonyl (C=O) groups is 1. The number of rotatable bonds is 7. The predicted octanol–water partition coefficient (Wildman–Crippen LogP) is 3.54. The zero-order valence-corrected chi connectivity index (χ0v) is 15.6. The highest BCUT2D eigenvalue weighted by molar-refractivity contribution is 5.95. The summed E-state index contributed by atoms with van der Waals surface area (Å²) in [7, 11) is 0. The zero-order valence-electron chi connectivity index (χ0n) is 15.6. The number of ether oxygens (including phenoxy) is 2. The number of carbonyl (C=O) groups excluding carboxylic acids is 1. The van der Waals surface area contributed by atoms with Gasteiger partial charge in [0.15, 0.2) is 11.5 Å². The highest BCUT2D eigenvalue weighted by Gasteiger charge is 2.20. The first-order valence-corrected chi connectivity index (χ1v) is 9.10. The summed E-state index contributed by atoms with van der Waals surface area (Å²) in [5.74, 6) is 1.20. The van der Waals surface area contributed by atoms with E-state index in [-0.39, 0.29) is 18.7 Å². The summed E-state index contributed by atoms with van der Waals surface area (Å²) in [5, 5.41) is 3.08. The van der Waals surface area contributed by atoms with Crippen LogP contribution >= 0.6 is 0 Å². The van der Waals surface area contributed by atoms with Gasteiger partial charge in [-0.05, 0) is 43.8 Å². The molecule has 1 atom stereocenters. The number of likely N-dealkylation sites (N-methyl/N-ethyl adjacent to an activating group) is 1. The average Bonchev–Trinajstić information content (AvgIpc) is 3.13. The molecule has 1 N–H and O–H groups in total. The third-order valence-corrected chi connectivity index (χ3v) is 4.81. The normalized spacial score (nSPS) is 13.7. The van der Waals surface area contributed by atoms with Crippen LogP contribution < -0.4 is 14.8 Å². The smallest absolute Gasteiger partial charge is 0.251 e. The molecular formula is C21H26N2O3. The van der Waals surface area contributed by atoms with E-state index in [4.69, 9.17) is 9.47 Å². The minimum absolute atomic E-state index is 0.104. The summed E-state index contributed by atoms with van der Waals surface area (Å²) in [6, 6.07) is 13.9. The van der Waals surface area contributed by atoms with Gasteiger partial charge in [-0.2, -0.15) is 0 Å². The van der Waals surface area contributed by atoms with Crippen molar-refractivity contribution >= 4 is 5.91 Å². The lowest BCUT2D eigenvalue weighted by atomic mass is 10.0. The molecule has 1 aliphatic rings. The van der Waals surface area contributed by atoms with Crippen LogP contribution in [-0.4, -0.2) is 37.2 Å². The van der Waals surface area contributed by atoms with Crippen molar-refractivity contribution in [1.82, 2.24) is 10.2 Å². The maximum Gasteiger partial charge on any atom is 0.251 e. The molecule has 0 spiro atoms. The van der Waals surface area contributed by atoms with E-state index < -0.39 is 0 Å². The van der Waals surface area contributed by atoms with E-state index in [1.165, 1.54) is 11.1 Å². The van der Waals surface area contributed by atoms with Crippen LogP contribution in [0.5, 0.6) is 11.5 Å². The largest absolute Gasteiger partial charge is 0.454 e. The van der Waals surface area contributed by atoms with Crippen LogP contribution in [0.25, 0.3) is 0 Å². The van der Waals surface area contributed by atoms with Crippen LogP contribution in [0.4, 0.5) is 0 Å². The van der Waals surface area contributed by atoms with E-state index in [0.717, 1.165) is 13.1 Å². The van der Waals surface area contributed by atoms with E-state index in [1.54, 1.807) is 18.2 Å². The summed E-state index contributed by atoms with van der Waals surface area (Å²) in [5.41, 5.74) is 3.03. The van der Waals surface area contributed by atoms with Gasteiger partial charge in [-0.3, -0.25) is 9.69 Å². The van der Waals surface area contributed by atoms with Gasteiger partial charge in [-0.15, -0.1) is 0 Å². The van der Waals surface area contributed by atoms with Gasteiger partial charge in [-0.1, -0.05) is 43.7 Å². The molecular weight excluding hydrogens is 328 g/mol. The fraction of sp³-hybridized carbons (Fsp3) is 0.381. The first-order valence-electron chi connectivity index (χ1n) is 9.10. The minimum Gasteiger partial charge on any atom is -0.454 e. The molecule has 0 bridgehead atoms. The molecule has 0 saturated carbocycles. The fourth-order valence-electron chi connectivity index (χ4n) is 3.24. The maximum atomic E-state index is 12.6. The summed E-state index contributed by atoms with van der Waals surface area (Å²) < 4.78 is 10.7. The number of amides is 1. The number of benzene rings is 2. The maximum absolute atomic E-state index is 12.6. The van der Waals surface area contributed by atoms with Crippen LogP contribution in [-0.2, 0) is 0 Å². The van der Waals surface area contributed by atoms with Crippen molar-refractivity contribution in [1.29, 1.82) is 0 Å². The Hall–Kier alpha value is -2.53. The lowest BCUT2D eigenvalue weighted by Gasteiger charge is -2.30. The molecule has 0 saturated heterocycles. The Kier molecular flexibility index (Phi) is 5.78. The molecule has 5 nitrogen and oxygen atoms in total. The van der Waals surface area contributed by atoms with Gasteiger partial charge in [-0.25, -0.2) is 0 Å². The van der Waals surface area contributed by atoms with Gasteiger partial charge in [0.1, 0.15) is 0 Å². The highest BCUT2D eigenvalue weighted by Crippen LogP contribution is 2.32. The molecule has 1 heterocycles. The first kappa shape index (κ1) is 18.3. The van der Waals surface area contributed by atoms with E-state index in [0.29, 0.717) is 23.6 Å². The second-order valence-electron chi connectivity index (χ2n) is 6.43. The Bertz CT molecular complexity index is 754. The van der Waals surface area contributed by atoms with Crippen LogP contribution in [0, 0.1) is 6.92 Å².